The lowest BCUT2D eigenvalue weighted by Crippen LogP contribution is -2.34. The van der Waals surface area contributed by atoms with Crippen LogP contribution in [-0.2, 0) is 14.3 Å². The molecule has 5 rings (SSSR count). The third-order valence-electron chi connectivity index (χ3n) is 6.40. The van der Waals surface area contributed by atoms with Crippen LogP contribution in [0.5, 0.6) is 0 Å². The van der Waals surface area contributed by atoms with E-state index in [0.29, 0.717) is 11.3 Å². The maximum atomic E-state index is 13.0. The summed E-state index contributed by atoms with van der Waals surface area (Å²) in [7, 11) is 1.32. The van der Waals surface area contributed by atoms with Crippen LogP contribution in [0, 0.1) is 29.1 Å². The Morgan fingerprint density at radius 2 is 1.58 bits per heavy atom. The number of allylic oxidation sites excluding steroid dienone is 2. The molecule has 24 heavy (non-hydrogen) atoms. The molecule has 1 aromatic carbocycles. The van der Waals surface area contributed by atoms with Crippen molar-refractivity contribution in [3.05, 3.63) is 42.0 Å². The van der Waals surface area contributed by atoms with Crippen molar-refractivity contribution in [3.63, 3.8) is 0 Å². The van der Waals surface area contributed by atoms with Gasteiger partial charge < -0.3 is 4.74 Å². The smallest absolute Gasteiger partial charge is 0.337 e. The van der Waals surface area contributed by atoms with Gasteiger partial charge in [-0.25, -0.2) is 4.79 Å². The van der Waals surface area contributed by atoms with E-state index < -0.39 is 5.97 Å². The Balaban J connectivity index is 1.48. The summed E-state index contributed by atoms with van der Waals surface area (Å²) in [5.74, 6) is -0.551. The number of methoxy groups -OCH3 is 1. The Morgan fingerprint density at radius 1 is 1.04 bits per heavy atom. The largest absolute Gasteiger partial charge is 0.465 e. The fourth-order valence-corrected chi connectivity index (χ4v) is 5.20. The van der Waals surface area contributed by atoms with Gasteiger partial charge in [0.1, 0.15) is 0 Å². The van der Waals surface area contributed by atoms with Gasteiger partial charge in [0.2, 0.25) is 11.8 Å². The van der Waals surface area contributed by atoms with Gasteiger partial charge in [0.25, 0.3) is 0 Å². The summed E-state index contributed by atoms with van der Waals surface area (Å²) in [4.78, 5) is 38.8. The molecule has 4 aliphatic rings. The van der Waals surface area contributed by atoms with Gasteiger partial charge in [0, 0.05) is 0 Å². The lowest BCUT2D eigenvalue weighted by molar-refractivity contribution is -0.123. The van der Waals surface area contributed by atoms with Crippen molar-refractivity contribution in [2.24, 2.45) is 29.1 Å². The predicted molar refractivity (Wildman–Crippen MR) is 85.0 cm³/mol. The number of imide groups is 1. The number of esters is 1. The highest BCUT2D eigenvalue weighted by Gasteiger charge is 2.73. The number of nitrogens with zero attached hydrogens (tertiary/aromatic N) is 1. The molecule has 5 nitrogen and oxygen atoms in total. The molecule has 5 heteroatoms. The molecule has 2 saturated carbocycles. The standard InChI is InChI=1S/C19H17NO4/c1-24-18(23)10-2-4-11(5-3-10)20-16(21)14-12-6-7-13(15(14)17(20)22)19(12)8-9-19/h2-7,12-15H,8-9H2,1H3/t12-,13+,14-,15-/m0/s1. The zero-order valence-electron chi connectivity index (χ0n) is 13.3. The summed E-state index contributed by atoms with van der Waals surface area (Å²) in [5.41, 5.74) is 1.15. The molecule has 1 saturated heterocycles. The minimum atomic E-state index is -0.435. The van der Waals surface area contributed by atoms with Gasteiger partial charge in [0.05, 0.1) is 30.2 Å². The van der Waals surface area contributed by atoms with Crippen LogP contribution >= 0.6 is 0 Å². The number of amides is 2. The van der Waals surface area contributed by atoms with Gasteiger partial charge in [-0.1, -0.05) is 12.2 Å². The van der Waals surface area contributed by atoms with Crippen LogP contribution in [0.2, 0.25) is 0 Å². The molecule has 3 aliphatic carbocycles. The second-order valence-corrected chi connectivity index (χ2v) is 7.27. The predicted octanol–water partition coefficient (Wildman–Crippen LogP) is 2.17. The lowest BCUT2D eigenvalue weighted by atomic mass is 9.85. The molecule has 0 radical (unpaired) electrons. The van der Waals surface area contributed by atoms with Crippen molar-refractivity contribution in [2.75, 3.05) is 12.0 Å². The first kappa shape index (κ1) is 14.0. The Bertz CT molecular complexity index is 771. The van der Waals surface area contributed by atoms with Crippen LogP contribution in [0.3, 0.4) is 0 Å². The number of carbonyl (C=O) groups excluding carboxylic acids is 3. The lowest BCUT2D eigenvalue weighted by Gasteiger charge is -2.21. The van der Waals surface area contributed by atoms with Gasteiger partial charge in [-0.3, -0.25) is 14.5 Å². The van der Waals surface area contributed by atoms with Gasteiger partial charge in [-0.2, -0.15) is 0 Å². The molecule has 2 bridgehead atoms. The third-order valence-corrected chi connectivity index (χ3v) is 6.40. The zero-order valence-corrected chi connectivity index (χ0v) is 13.3. The van der Waals surface area contributed by atoms with E-state index in [1.807, 2.05) is 0 Å². The van der Waals surface area contributed by atoms with Crippen molar-refractivity contribution in [1.82, 2.24) is 0 Å². The minimum absolute atomic E-state index is 0.0843. The van der Waals surface area contributed by atoms with Gasteiger partial charge >= 0.3 is 5.97 Å². The number of carbonyl (C=O) groups is 3. The minimum Gasteiger partial charge on any atom is -0.465 e. The van der Waals surface area contributed by atoms with E-state index >= 15 is 0 Å². The van der Waals surface area contributed by atoms with E-state index in [0.717, 1.165) is 12.8 Å². The number of rotatable bonds is 2. The van der Waals surface area contributed by atoms with Crippen LogP contribution in [0.25, 0.3) is 0 Å². The summed E-state index contributed by atoms with van der Waals surface area (Å²) in [6, 6.07) is 6.47. The second kappa shape index (κ2) is 4.35. The molecule has 122 valence electrons. The number of benzene rings is 1. The second-order valence-electron chi connectivity index (χ2n) is 7.27. The number of anilines is 1. The molecule has 1 spiro atoms. The normalized spacial score (nSPS) is 34.1. The fourth-order valence-electron chi connectivity index (χ4n) is 5.20. The average molecular weight is 323 g/mol. The van der Waals surface area contributed by atoms with E-state index in [1.54, 1.807) is 24.3 Å². The van der Waals surface area contributed by atoms with E-state index in [2.05, 4.69) is 16.9 Å². The fraction of sp³-hybridized carbons (Fsp3) is 0.421. The molecule has 1 aromatic rings. The monoisotopic (exact) mass is 323 g/mol. The van der Waals surface area contributed by atoms with Crippen molar-refractivity contribution < 1.29 is 19.1 Å². The SMILES string of the molecule is COC(=O)c1ccc(N2C(=O)[C@@H]3[C@@H](C2=O)[C@@H]2C=C[C@H]3C23CC3)cc1. The molecule has 2 amide bonds. The molecule has 0 N–H and O–H groups in total. The first-order valence-corrected chi connectivity index (χ1v) is 8.33. The molecule has 3 fully saturated rings. The molecule has 1 heterocycles. The summed E-state index contributed by atoms with van der Waals surface area (Å²) in [5, 5.41) is 0. The maximum absolute atomic E-state index is 13.0. The number of fused-ring (bicyclic) bond motifs is 3. The van der Waals surface area contributed by atoms with Crippen molar-refractivity contribution in [1.29, 1.82) is 0 Å². The zero-order chi connectivity index (χ0) is 16.6. The number of hydrogen-bond acceptors (Lipinski definition) is 4. The van der Waals surface area contributed by atoms with E-state index in [1.165, 1.54) is 12.0 Å². The molecule has 0 unspecified atom stereocenters. The van der Waals surface area contributed by atoms with Gasteiger partial charge in [-0.05, 0) is 54.4 Å². The third kappa shape index (κ3) is 1.48. The molecule has 4 atom stereocenters. The summed E-state index contributed by atoms with van der Waals surface area (Å²) in [6.45, 7) is 0. The summed E-state index contributed by atoms with van der Waals surface area (Å²) >= 11 is 0. The van der Waals surface area contributed by atoms with E-state index in [4.69, 9.17) is 0 Å². The van der Waals surface area contributed by atoms with Crippen molar-refractivity contribution in [2.45, 2.75) is 12.8 Å². The van der Waals surface area contributed by atoms with Crippen LogP contribution in [0.1, 0.15) is 23.2 Å². The summed E-state index contributed by atoms with van der Waals surface area (Å²) in [6.07, 6.45) is 6.59. The first-order valence-electron chi connectivity index (χ1n) is 8.33. The van der Waals surface area contributed by atoms with E-state index in [9.17, 15) is 14.4 Å². The van der Waals surface area contributed by atoms with E-state index in [-0.39, 0.29) is 40.9 Å². The number of ether oxygens (including phenoxy) is 1. The summed E-state index contributed by atoms with van der Waals surface area (Å²) < 4.78 is 4.68. The molecule has 1 aliphatic heterocycles. The quantitative estimate of drug-likeness (QED) is 0.475. The molecule has 0 aromatic heterocycles. The Kier molecular flexibility index (Phi) is 2.53. The first-order chi connectivity index (χ1) is 11.6. The highest BCUT2D eigenvalue weighted by Crippen LogP contribution is 2.73. The van der Waals surface area contributed by atoms with Gasteiger partial charge in [0.15, 0.2) is 0 Å². The van der Waals surface area contributed by atoms with Gasteiger partial charge in [-0.15, -0.1) is 0 Å². The van der Waals surface area contributed by atoms with Crippen LogP contribution in [-0.4, -0.2) is 24.9 Å². The Morgan fingerprint density at radius 3 is 2.04 bits per heavy atom. The molecular formula is C19H17NO4. The topological polar surface area (TPSA) is 63.7 Å². The van der Waals surface area contributed by atoms with Crippen molar-refractivity contribution >= 4 is 23.5 Å². The Hall–Kier alpha value is -2.43. The Labute approximate surface area is 139 Å². The van der Waals surface area contributed by atoms with Crippen molar-refractivity contribution in [3.8, 4) is 0 Å². The highest BCUT2D eigenvalue weighted by atomic mass is 16.5. The highest BCUT2D eigenvalue weighted by molar-refractivity contribution is 6.23. The van der Waals surface area contributed by atoms with Crippen LogP contribution < -0.4 is 4.90 Å². The average Bonchev–Trinajstić information content (AvgIpc) is 3.20. The van der Waals surface area contributed by atoms with Crippen LogP contribution in [0.4, 0.5) is 5.69 Å². The maximum Gasteiger partial charge on any atom is 0.337 e. The molecular weight excluding hydrogens is 306 g/mol. The number of hydrogen-bond donors (Lipinski definition) is 0. The van der Waals surface area contributed by atoms with Crippen LogP contribution in [0.15, 0.2) is 36.4 Å².